The Morgan fingerprint density at radius 2 is 1.73 bits per heavy atom. The Kier molecular flexibility index (Phi) is 6.03. The van der Waals surface area contributed by atoms with Crippen molar-refractivity contribution in [3.63, 3.8) is 0 Å². The molecule has 2 aromatic carbocycles. The summed E-state index contributed by atoms with van der Waals surface area (Å²) in [5.41, 5.74) is 2.73. The summed E-state index contributed by atoms with van der Waals surface area (Å²) in [6, 6.07) is 14.6. The van der Waals surface area contributed by atoms with Crippen molar-refractivity contribution < 1.29 is 19.4 Å². The van der Waals surface area contributed by atoms with E-state index >= 15 is 0 Å². The summed E-state index contributed by atoms with van der Waals surface area (Å²) < 4.78 is 5.50. The number of carbonyl (C=O) groups is 1. The number of hydrogen-bond acceptors (Lipinski definition) is 8. The number of carbonyl (C=O) groups excluding carboxylic acids is 1. The van der Waals surface area contributed by atoms with Crippen LogP contribution in [0.3, 0.4) is 0 Å². The number of pyridine rings is 1. The van der Waals surface area contributed by atoms with Crippen LogP contribution in [0.25, 0.3) is 0 Å². The van der Waals surface area contributed by atoms with Crippen LogP contribution in [0, 0.1) is 20.2 Å². The molecule has 1 N–H and O–H groups in total. The molecule has 0 fully saturated rings. The molecule has 0 saturated heterocycles. The number of hydrogen-bond donors (Lipinski definition) is 1. The van der Waals surface area contributed by atoms with Gasteiger partial charge in [0, 0.05) is 29.8 Å². The predicted octanol–water partition coefficient (Wildman–Crippen LogP) is 3.45. The molecule has 30 heavy (non-hydrogen) atoms. The molecule has 1 aromatic heterocycles. The molecule has 1 amide bonds. The third-order valence-corrected chi connectivity index (χ3v) is 3.73. The third-order valence-electron chi connectivity index (χ3n) is 3.73. The normalized spacial score (nSPS) is 10.5. The van der Waals surface area contributed by atoms with E-state index in [-0.39, 0.29) is 22.8 Å². The lowest BCUT2D eigenvalue weighted by molar-refractivity contribution is -0.385. The van der Waals surface area contributed by atoms with Crippen LogP contribution in [0.1, 0.15) is 15.9 Å². The summed E-state index contributed by atoms with van der Waals surface area (Å²) >= 11 is 0. The van der Waals surface area contributed by atoms with Crippen molar-refractivity contribution >= 4 is 23.5 Å². The Balaban J connectivity index is 1.58. The largest absolute Gasteiger partial charge is 0.439 e. The molecule has 1 heterocycles. The molecule has 0 atom stereocenters. The first kappa shape index (κ1) is 20.1. The van der Waals surface area contributed by atoms with E-state index < -0.39 is 15.8 Å². The van der Waals surface area contributed by atoms with Gasteiger partial charge < -0.3 is 4.74 Å². The number of nitro groups is 2. The zero-order valence-electron chi connectivity index (χ0n) is 15.2. The van der Waals surface area contributed by atoms with Crippen LogP contribution in [0.4, 0.5) is 11.4 Å². The topological polar surface area (TPSA) is 150 Å². The third kappa shape index (κ3) is 5.19. The van der Waals surface area contributed by atoms with Crippen molar-refractivity contribution in [2.75, 3.05) is 0 Å². The average molecular weight is 407 g/mol. The van der Waals surface area contributed by atoms with Gasteiger partial charge in [-0.2, -0.15) is 5.10 Å². The minimum Gasteiger partial charge on any atom is -0.439 e. The van der Waals surface area contributed by atoms with Crippen LogP contribution in [-0.2, 0) is 0 Å². The fraction of sp³-hybridized carbons (Fsp3) is 0. The summed E-state index contributed by atoms with van der Waals surface area (Å²) in [5, 5.41) is 25.2. The number of hydrazone groups is 1. The second-order valence-electron chi connectivity index (χ2n) is 5.79. The molecule has 0 aliphatic carbocycles. The highest BCUT2D eigenvalue weighted by molar-refractivity contribution is 5.95. The molecule has 0 radical (unpaired) electrons. The smallest absolute Gasteiger partial charge is 0.287 e. The molecule has 0 aliphatic rings. The van der Waals surface area contributed by atoms with Crippen LogP contribution < -0.4 is 10.2 Å². The summed E-state index contributed by atoms with van der Waals surface area (Å²) in [6.45, 7) is 0. The molecule has 11 heteroatoms. The van der Waals surface area contributed by atoms with Crippen LogP contribution in [0.2, 0.25) is 0 Å². The number of ether oxygens (including phenoxy) is 1. The number of non-ortho nitro benzene ring substituents is 1. The van der Waals surface area contributed by atoms with E-state index in [1.165, 1.54) is 36.5 Å². The zero-order valence-corrected chi connectivity index (χ0v) is 15.2. The molecule has 3 aromatic rings. The molecular weight excluding hydrogens is 394 g/mol. The maximum absolute atomic E-state index is 12.0. The van der Waals surface area contributed by atoms with Crippen molar-refractivity contribution in [2.24, 2.45) is 5.10 Å². The fourth-order valence-electron chi connectivity index (χ4n) is 2.27. The Morgan fingerprint density at radius 1 is 1.00 bits per heavy atom. The number of nitrogens with zero attached hydrogens (tertiary/aromatic N) is 4. The first-order valence-electron chi connectivity index (χ1n) is 8.38. The molecule has 0 saturated carbocycles. The number of nitro benzene ring substituents is 1. The fourth-order valence-corrected chi connectivity index (χ4v) is 2.27. The van der Waals surface area contributed by atoms with Crippen molar-refractivity contribution in [1.29, 1.82) is 0 Å². The molecule has 0 bridgehead atoms. The van der Waals surface area contributed by atoms with Gasteiger partial charge in [0.15, 0.2) is 0 Å². The predicted molar refractivity (Wildman–Crippen MR) is 106 cm³/mol. The maximum atomic E-state index is 12.0. The number of amides is 1. The lowest BCUT2D eigenvalue weighted by atomic mass is 10.2. The van der Waals surface area contributed by atoms with Gasteiger partial charge in [-0.1, -0.05) is 6.07 Å². The second-order valence-corrected chi connectivity index (χ2v) is 5.79. The SMILES string of the molecule is O=C(N/N=C\c1ccc(Oc2ccc([N+](=O)[O-])cn2)cc1)c1cccc([N+](=O)[O-])c1. The average Bonchev–Trinajstić information content (AvgIpc) is 2.75. The van der Waals surface area contributed by atoms with Gasteiger partial charge in [-0.25, -0.2) is 10.4 Å². The van der Waals surface area contributed by atoms with Gasteiger partial charge in [0.05, 0.1) is 16.1 Å². The summed E-state index contributed by atoms with van der Waals surface area (Å²) in [6.07, 6.45) is 2.49. The van der Waals surface area contributed by atoms with Crippen molar-refractivity contribution in [1.82, 2.24) is 10.4 Å². The number of benzene rings is 2. The number of aromatic nitrogens is 1. The van der Waals surface area contributed by atoms with Crippen LogP contribution in [-0.4, -0.2) is 27.0 Å². The van der Waals surface area contributed by atoms with Gasteiger partial charge in [0.1, 0.15) is 11.9 Å². The van der Waals surface area contributed by atoms with Gasteiger partial charge in [0.25, 0.3) is 17.3 Å². The van der Waals surface area contributed by atoms with Crippen molar-refractivity contribution in [2.45, 2.75) is 0 Å². The van der Waals surface area contributed by atoms with Crippen LogP contribution in [0.15, 0.2) is 72.0 Å². The maximum Gasteiger partial charge on any atom is 0.287 e. The second kappa shape index (κ2) is 9.01. The summed E-state index contributed by atoms with van der Waals surface area (Å²) in [4.78, 5) is 36.1. The molecule has 0 unspecified atom stereocenters. The van der Waals surface area contributed by atoms with E-state index in [0.717, 1.165) is 12.3 Å². The minimum atomic E-state index is -0.587. The Hall–Kier alpha value is -4.67. The summed E-state index contributed by atoms with van der Waals surface area (Å²) in [7, 11) is 0. The molecule has 0 aliphatic heterocycles. The highest BCUT2D eigenvalue weighted by Gasteiger charge is 2.10. The van der Waals surface area contributed by atoms with E-state index in [0.29, 0.717) is 11.3 Å². The number of nitrogens with one attached hydrogen (secondary N) is 1. The van der Waals surface area contributed by atoms with Crippen LogP contribution in [0.5, 0.6) is 11.6 Å². The summed E-state index contributed by atoms with van der Waals surface area (Å²) in [5.74, 6) is 0.0690. The first-order chi connectivity index (χ1) is 14.4. The van der Waals surface area contributed by atoms with Crippen molar-refractivity contribution in [3.05, 3.63) is 98.2 Å². The highest BCUT2D eigenvalue weighted by Crippen LogP contribution is 2.21. The van der Waals surface area contributed by atoms with Gasteiger partial charge >= 0.3 is 0 Å². The van der Waals surface area contributed by atoms with Gasteiger partial charge in [-0.15, -0.1) is 0 Å². The Morgan fingerprint density at radius 3 is 2.37 bits per heavy atom. The lowest BCUT2D eigenvalue weighted by Crippen LogP contribution is -2.17. The molecule has 11 nitrogen and oxygen atoms in total. The zero-order chi connectivity index (χ0) is 21.5. The van der Waals surface area contributed by atoms with Gasteiger partial charge in [0.2, 0.25) is 5.88 Å². The highest BCUT2D eigenvalue weighted by atomic mass is 16.6. The standard InChI is InChI=1S/C19H13N5O6/c25-19(14-2-1-3-15(10-14)23(26)27)22-21-11-13-4-7-17(8-5-13)30-18-9-6-16(12-20-18)24(28)29/h1-12H,(H,22,25)/b21-11-. The van der Waals surface area contributed by atoms with E-state index in [2.05, 4.69) is 15.5 Å². The van der Waals surface area contributed by atoms with Gasteiger partial charge in [-0.3, -0.25) is 25.0 Å². The molecule has 150 valence electrons. The monoisotopic (exact) mass is 407 g/mol. The molecule has 3 rings (SSSR count). The number of rotatable bonds is 7. The van der Waals surface area contributed by atoms with Crippen LogP contribution >= 0.6 is 0 Å². The van der Waals surface area contributed by atoms with E-state index in [1.54, 1.807) is 24.3 Å². The Labute approximate surface area is 168 Å². The first-order valence-corrected chi connectivity index (χ1v) is 8.38. The minimum absolute atomic E-state index is 0.112. The van der Waals surface area contributed by atoms with Gasteiger partial charge in [-0.05, 0) is 35.9 Å². The molecule has 0 spiro atoms. The molecular formula is C19H13N5O6. The quantitative estimate of drug-likeness (QED) is 0.358. The van der Waals surface area contributed by atoms with Crippen molar-refractivity contribution in [3.8, 4) is 11.6 Å². The van der Waals surface area contributed by atoms with E-state index in [4.69, 9.17) is 4.74 Å². The van der Waals surface area contributed by atoms with E-state index in [9.17, 15) is 25.0 Å². The van der Waals surface area contributed by atoms with E-state index in [1.807, 2.05) is 0 Å². The lowest BCUT2D eigenvalue weighted by Gasteiger charge is -2.04. The Bertz CT molecular complexity index is 1110.